The third-order valence-corrected chi connectivity index (χ3v) is 2.54. The molecule has 1 amide bonds. The number of pyridine rings is 1. The highest BCUT2D eigenvalue weighted by Crippen LogP contribution is 2.10. The summed E-state index contributed by atoms with van der Waals surface area (Å²) in [6.45, 7) is 4.20. The first-order valence-electron chi connectivity index (χ1n) is 5.49. The summed E-state index contributed by atoms with van der Waals surface area (Å²) < 4.78 is 5.42. The number of rotatable bonds is 4. The maximum Gasteiger partial charge on any atom is 0.250 e. The predicted molar refractivity (Wildman–Crippen MR) is 66.1 cm³/mol. The van der Waals surface area contributed by atoms with Crippen LogP contribution in [-0.4, -0.2) is 15.9 Å². The molecular formula is C12H14N4O2. The summed E-state index contributed by atoms with van der Waals surface area (Å²) >= 11 is 0. The van der Waals surface area contributed by atoms with Gasteiger partial charge in [-0.15, -0.1) is 0 Å². The molecular weight excluding hydrogens is 232 g/mol. The van der Waals surface area contributed by atoms with E-state index in [1.54, 1.807) is 12.1 Å². The van der Waals surface area contributed by atoms with Crippen molar-refractivity contribution in [3.8, 4) is 0 Å². The number of carbonyl (C=O) groups excluding carboxylic acids is 1. The van der Waals surface area contributed by atoms with Crippen molar-refractivity contribution in [2.45, 2.75) is 20.4 Å². The number of nitrogens with one attached hydrogen (secondary N) is 1. The van der Waals surface area contributed by atoms with Gasteiger partial charge in [0, 0.05) is 6.20 Å². The molecule has 3 N–H and O–H groups in total. The Balaban J connectivity index is 2.00. The summed E-state index contributed by atoms with van der Waals surface area (Å²) in [5.41, 5.74) is 6.38. The van der Waals surface area contributed by atoms with Gasteiger partial charge in [0.15, 0.2) is 0 Å². The molecule has 6 nitrogen and oxygen atoms in total. The fourth-order valence-corrected chi connectivity index (χ4v) is 1.43. The number of hydrogen-bond acceptors (Lipinski definition) is 5. The largest absolute Gasteiger partial charge is 0.444 e. The third kappa shape index (κ3) is 2.65. The minimum atomic E-state index is -0.493. The molecule has 18 heavy (non-hydrogen) atoms. The molecule has 0 saturated heterocycles. The van der Waals surface area contributed by atoms with Crippen LogP contribution in [0.4, 0.5) is 5.82 Å². The molecule has 2 rings (SSSR count). The minimum absolute atomic E-state index is 0.378. The van der Waals surface area contributed by atoms with E-state index in [0.717, 1.165) is 11.5 Å². The van der Waals surface area contributed by atoms with E-state index in [-0.39, 0.29) is 0 Å². The molecule has 2 aromatic heterocycles. The van der Waals surface area contributed by atoms with Gasteiger partial charge in [-0.2, -0.15) is 0 Å². The molecule has 2 aromatic rings. The Kier molecular flexibility index (Phi) is 3.27. The lowest BCUT2D eigenvalue weighted by atomic mass is 10.3. The Labute approximate surface area is 104 Å². The maximum absolute atomic E-state index is 10.9. The number of anilines is 1. The van der Waals surface area contributed by atoms with Crippen LogP contribution in [0, 0.1) is 13.8 Å². The topological polar surface area (TPSA) is 94.0 Å². The second-order valence-corrected chi connectivity index (χ2v) is 3.90. The second kappa shape index (κ2) is 4.87. The lowest BCUT2D eigenvalue weighted by molar-refractivity contribution is 0.1000. The van der Waals surface area contributed by atoms with Crippen LogP contribution in [-0.2, 0) is 6.54 Å². The van der Waals surface area contributed by atoms with Crippen molar-refractivity contribution in [2.75, 3.05) is 5.32 Å². The van der Waals surface area contributed by atoms with E-state index in [0.29, 0.717) is 23.8 Å². The lowest BCUT2D eigenvalue weighted by Crippen LogP contribution is -2.11. The van der Waals surface area contributed by atoms with Crippen molar-refractivity contribution in [3.63, 3.8) is 0 Å². The molecule has 0 aliphatic carbocycles. The van der Waals surface area contributed by atoms with E-state index >= 15 is 0 Å². The van der Waals surface area contributed by atoms with Gasteiger partial charge in [-0.1, -0.05) is 0 Å². The van der Waals surface area contributed by atoms with Gasteiger partial charge in [0.2, 0.25) is 11.8 Å². The predicted octanol–water partition coefficient (Wildman–Crippen LogP) is 1.40. The number of hydrogen-bond donors (Lipinski definition) is 2. The van der Waals surface area contributed by atoms with Gasteiger partial charge in [-0.25, -0.2) is 9.97 Å². The first kappa shape index (κ1) is 12.1. The summed E-state index contributed by atoms with van der Waals surface area (Å²) in [7, 11) is 0. The highest BCUT2D eigenvalue weighted by Gasteiger charge is 2.06. The average Bonchev–Trinajstić information content (AvgIpc) is 2.67. The van der Waals surface area contributed by atoms with Crippen LogP contribution in [0.1, 0.15) is 27.7 Å². The molecule has 0 fully saturated rings. The number of oxazole rings is 1. The maximum atomic E-state index is 10.9. The smallest absolute Gasteiger partial charge is 0.250 e. The quantitative estimate of drug-likeness (QED) is 0.850. The van der Waals surface area contributed by atoms with Crippen LogP contribution in [0.5, 0.6) is 0 Å². The molecule has 0 aliphatic heterocycles. The van der Waals surface area contributed by atoms with Crippen molar-refractivity contribution in [1.82, 2.24) is 9.97 Å². The number of aryl methyl sites for hydroxylation is 2. The Morgan fingerprint density at radius 1 is 1.44 bits per heavy atom. The fourth-order valence-electron chi connectivity index (χ4n) is 1.43. The van der Waals surface area contributed by atoms with Crippen LogP contribution in [0.2, 0.25) is 0 Å². The first-order chi connectivity index (χ1) is 8.56. The first-order valence-corrected chi connectivity index (χ1v) is 5.49. The second-order valence-electron chi connectivity index (χ2n) is 3.90. The zero-order valence-corrected chi connectivity index (χ0v) is 10.2. The van der Waals surface area contributed by atoms with E-state index in [1.807, 2.05) is 13.8 Å². The van der Waals surface area contributed by atoms with Crippen molar-refractivity contribution >= 4 is 11.7 Å². The third-order valence-electron chi connectivity index (χ3n) is 2.54. The van der Waals surface area contributed by atoms with Gasteiger partial charge in [-0.05, 0) is 26.0 Å². The standard InChI is InChI=1S/C12H14N4O2/c1-7-8(2)18-11(16-7)6-15-10-4-3-9(5-14-10)12(13)17/h3-5H,6H2,1-2H3,(H2,13,17)(H,14,15). The molecule has 6 heteroatoms. The highest BCUT2D eigenvalue weighted by atomic mass is 16.4. The zero-order valence-electron chi connectivity index (χ0n) is 10.2. The number of amides is 1. The minimum Gasteiger partial charge on any atom is -0.444 e. The molecule has 0 aliphatic rings. The monoisotopic (exact) mass is 246 g/mol. The number of nitrogens with zero attached hydrogens (tertiary/aromatic N) is 2. The number of aromatic nitrogens is 2. The van der Waals surface area contributed by atoms with Crippen LogP contribution in [0.15, 0.2) is 22.7 Å². The molecule has 94 valence electrons. The highest BCUT2D eigenvalue weighted by molar-refractivity contribution is 5.92. The fraction of sp³-hybridized carbons (Fsp3) is 0.250. The van der Waals surface area contributed by atoms with E-state index in [1.165, 1.54) is 6.20 Å². The van der Waals surface area contributed by atoms with Crippen LogP contribution in [0.25, 0.3) is 0 Å². The van der Waals surface area contributed by atoms with Gasteiger partial charge >= 0.3 is 0 Å². The average molecular weight is 246 g/mol. The van der Waals surface area contributed by atoms with Crippen molar-refractivity contribution < 1.29 is 9.21 Å². The Morgan fingerprint density at radius 2 is 2.22 bits per heavy atom. The normalized spacial score (nSPS) is 10.3. The molecule has 0 unspecified atom stereocenters. The van der Waals surface area contributed by atoms with Crippen molar-refractivity contribution in [2.24, 2.45) is 5.73 Å². The van der Waals surface area contributed by atoms with Gasteiger partial charge < -0.3 is 15.5 Å². The SMILES string of the molecule is Cc1nc(CNc2ccc(C(N)=O)cn2)oc1C. The Morgan fingerprint density at radius 3 is 2.72 bits per heavy atom. The Bertz CT molecular complexity index is 540. The van der Waals surface area contributed by atoms with Gasteiger partial charge in [0.1, 0.15) is 11.6 Å². The molecule has 0 saturated carbocycles. The molecule has 0 bridgehead atoms. The van der Waals surface area contributed by atoms with Crippen molar-refractivity contribution in [1.29, 1.82) is 0 Å². The number of nitrogens with two attached hydrogens (primary N) is 1. The molecule has 0 aromatic carbocycles. The van der Waals surface area contributed by atoms with E-state index in [4.69, 9.17) is 10.2 Å². The van der Waals surface area contributed by atoms with Gasteiger partial charge in [-0.3, -0.25) is 4.79 Å². The van der Waals surface area contributed by atoms with E-state index in [2.05, 4.69) is 15.3 Å². The van der Waals surface area contributed by atoms with Crippen LogP contribution in [0.3, 0.4) is 0 Å². The van der Waals surface area contributed by atoms with Crippen LogP contribution >= 0.6 is 0 Å². The number of carbonyl (C=O) groups is 1. The Hall–Kier alpha value is -2.37. The molecule has 0 radical (unpaired) electrons. The zero-order chi connectivity index (χ0) is 13.1. The van der Waals surface area contributed by atoms with Crippen LogP contribution < -0.4 is 11.1 Å². The molecule has 2 heterocycles. The summed E-state index contributed by atoms with van der Waals surface area (Å²) in [5, 5.41) is 3.05. The summed E-state index contributed by atoms with van der Waals surface area (Å²) in [5.74, 6) is 1.55. The van der Waals surface area contributed by atoms with E-state index in [9.17, 15) is 4.79 Å². The van der Waals surface area contributed by atoms with Gasteiger partial charge in [0.25, 0.3) is 0 Å². The number of primary amides is 1. The lowest BCUT2D eigenvalue weighted by Gasteiger charge is -2.02. The van der Waals surface area contributed by atoms with Gasteiger partial charge in [0.05, 0.1) is 17.8 Å². The summed E-state index contributed by atoms with van der Waals surface area (Å²) in [4.78, 5) is 19.2. The molecule has 0 atom stereocenters. The molecule has 0 spiro atoms. The summed E-state index contributed by atoms with van der Waals surface area (Å²) in [6, 6.07) is 3.30. The summed E-state index contributed by atoms with van der Waals surface area (Å²) in [6.07, 6.45) is 1.43. The van der Waals surface area contributed by atoms with E-state index < -0.39 is 5.91 Å². The van der Waals surface area contributed by atoms with Crippen molar-refractivity contribution in [3.05, 3.63) is 41.2 Å².